The second-order valence-corrected chi connectivity index (χ2v) is 20.2. The van der Waals surface area contributed by atoms with Crippen LogP contribution in [0.5, 0.6) is 0 Å². The van der Waals surface area contributed by atoms with E-state index in [2.05, 4.69) is 72.8 Å². The summed E-state index contributed by atoms with van der Waals surface area (Å²) in [6, 6.07) is -12.0. The van der Waals surface area contributed by atoms with Gasteiger partial charge in [-0.05, 0) is 64.2 Å². The van der Waals surface area contributed by atoms with E-state index in [4.69, 9.17) is 57.5 Å². The van der Waals surface area contributed by atoms with Gasteiger partial charge >= 0.3 is 5.91 Å². The summed E-state index contributed by atoms with van der Waals surface area (Å²) in [7, 11) is 0. The summed E-state index contributed by atoms with van der Waals surface area (Å²) >= 11 is 5.76. The molecule has 0 unspecified atom stereocenters. The number of hydrogen-bond acceptors (Lipinski definition) is 21. The number of amides is 11. The molecule has 0 aliphatic carbocycles. The number of nitrogen functional groups attached to an aromatic ring is 2. The predicted molar refractivity (Wildman–Crippen MR) is 308 cm³/mol. The highest BCUT2D eigenvalue weighted by atomic mass is 35.5. The second-order valence-electron chi connectivity index (χ2n) is 19.9. The summed E-state index contributed by atoms with van der Waals surface area (Å²) in [5.74, 6) is -13.3. The molecular formula is C47H82ClN23O14. The molecule has 38 heteroatoms. The first kappa shape index (κ1) is 74.2. The summed E-state index contributed by atoms with van der Waals surface area (Å²) < 4.78 is 0. The number of aliphatic hydroxyl groups excluding tert-OH is 3. The van der Waals surface area contributed by atoms with Gasteiger partial charge in [-0.15, -0.1) is 0 Å². The Morgan fingerprint density at radius 1 is 0.541 bits per heavy atom. The van der Waals surface area contributed by atoms with Crippen molar-refractivity contribution in [2.24, 2.45) is 61.2 Å². The van der Waals surface area contributed by atoms with E-state index in [1.807, 2.05) is 5.32 Å². The summed E-state index contributed by atoms with van der Waals surface area (Å²) in [4.78, 5) is 163. The van der Waals surface area contributed by atoms with Crippen molar-refractivity contribution < 1.29 is 68.1 Å². The van der Waals surface area contributed by atoms with Gasteiger partial charge in [-0.25, -0.2) is 9.97 Å². The molecule has 1 heterocycles. The smallest absolute Gasteiger partial charge is 0.302 e. The molecule has 0 saturated heterocycles. The molecule has 0 fully saturated rings. The zero-order chi connectivity index (χ0) is 64.8. The number of hydrogen-bond donors (Lipinski definition) is 21. The number of carbonyl (C=O) groups is 11. The highest BCUT2D eigenvalue weighted by Gasteiger charge is 2.35. The number of nitrogens with zero attached hydrogens (tertiary/aromatic N) is 5. The number of carbonyl (C=O) groups excluding carboxylic acids is 11. The molecule has 11 amide bonds. The lowest BCUT2D eigenvalue weighted by Gasteiger charge is -2.28. The molecular weight excluding hydrogens is 1150 g/mol. The molecule has 9 atom stereocenters. The van der Waals surface area contributed by atoms with Gasteiger partial charge in [-0.3, -0.25) is 68.0 Å². The Morgan fingerprint density at radius 2 is 0.988 bits per heavy atom. The molecule has 0 spiro atoms. The number of rotatable bonds is 35. The summed E-state index contributed by atoms with van der Waals surface area (Å²) in [5, 5.41) is 53.8. The van der Waals surface area contributed by atoms with Crippen LogP contribution in [0, 0.1) is 11.8 Å². The van der Waals surface area contributed by atoms with E-state index in [1.165, 1.54) is 6.92 Å². The number of aliphatic imine (C=N–C) groups is 3. The SMILES string of the molecule is CC(C)C[C@H](NC(=O)[C@H](CO)NC(=O)[C@@H](N)CCCN=C(N)N)C(=O)N[C@@H](CO)C(=O)N[C@@H](CCCN=C(N)N)C(=O)N[C@@H](CC(C)C)C(=O)N[C@H](C(=O)N[C@@H](C)C(=O)NCC(=O)NCC(=O)NC(N)=NC(=O)c1nc(Cl)c(N)nc1N)[C@@H](C)O. The number of halogens is 1. The van der Waals surface area contributed by atoms with Gasteiger partial charge in [0.2, 0.25) is 65.0 Å². The van der Waals surface area contributed by atoms with Crippen molar-refractivity contribution in [3.05, 3.63) is 10.8 Å². The maximum atomic E-state index is 14.1. The summed E-state index contributed by atoms with van der Waals surface area (Å²) in [6.07, 6.45) is -1.47. The highest BCUT2D eigenvalue weighted by molar-refractivity contribution is 6.31. The van der Waals surface area contributed by atoms with Crippen LogP contribution in [0.4, 0.5) is 11.6 Å². The highest BCUT2D eigenvalue weighted by Crippen LogP contribution is 2.18. The quantitative estimate of drug-likeness (QED) is 0.0170. The van der Waals surface area contributed by atoms with Crippen molar-refractivity contribution in [3.8, 4) is 0 Å². The van der Waals surface area contributed by atoms with Crippen molar-refractivity contribution in [3.63, 3.8) is 0 Å². The van der Waals surface area contributed by atoms with Gasteiger partial charge in [0.15, 0.2) is 34.4 Å². The topological polar surface area (TPSA) is 640 Å². The summed E-state index contributed by atoms with van der Waals surface area (Å²) in [6.45, 7) is 5.91. The van der Waals surface area contributed by atoms with E-state index in [1.54, 1.807) is 27.7 Å². The fraction of sp³-hybridized carbons (Fsp3) is 0.617. The maximum Gasteiger partial charge on any atom is 0.302 e. The van der Waals surface area contributed by atoms with Crippen LogP contribution in [0.15, 0.2) is 15.0 Å². The zero-order valence-corrected chi connectivity index (χ0v) is 48.7. The lowest BCUT2D eigenvalue weighted by atomic mass is 10.0. The molecule has 0 aliphatic heterocycles. The minimum Gasteiger partial charge on any atom is -0.394 e. The van der Waals surface area contributed by atoms with Gasteiger partial charge in [0.05, 0.1) is 38.4 Å². The van der Waals surface area contributed by atoms with Crippen LogP contribution in [0.1, 0.15) is 90.6 Å². The normalized spacial score (nSPS) is 14.4. The first-order chi connectivity index (χ1) is 39.7. The lowest BCUT2D eigenvalue weighted by Crippen LogP contribution is -2.62. The van der Waals surface area contributed by atoms with Gasteiger partial charge < -0.3 is 109 Å². The fourth-order valence-corrected chi connectivity index (χ4v) is 7.28. The first-order valence-corrected chi connectivity index (χ1v) is 26.8. The van der Waals surface area contributed by atoms with E-state index in [-0.39, 0.29) is 79.9 Å². The number of aliphatic hydroxyl groups is 3. The second kappa shape index (κ2) is 37.4. The third-order valence-electron chi connectivity index (χ3n) is 11.5. The van der Waals surface area contributed by atoms with E-state index in [0.29, 0.717) is 6.42 Å². The number of guanidine groups is 3. The van der Waals surface area contributed by atoms with Crippen LogP contribution in [0.25, 0.3) is 0 Å². The van der Waals surface area contributed by atoms with Crippen LogP contribution < -0.4 is 99.0 Å². The van der Waals surface area contributed by atoms with E-state index >= 15 is 0 Å². The van der Waals surface area contributed by atoms with Gasteiger partial charge in [0, 0.05) is 13.1 Å². The Balaban J connectivity index is 3.13. The molecule has 85 heavy (non-hydrogen) atoms. The largest absolute Gasteiger partial charge is 0.394 e. The molecule has 1 aromatic rings. The number of nitrogens with two attached hydrogens (primary N) is 8. The Hall–Kier alpha value is -8.81. The van der Waals surface area contributed by atoms with Crippen LogP contribution >= 0.6 is 11.6 Å². The van der Waals surface area contributed by atoms with Crippen LogP contribution in [-0.2, 0) is 47.9 Å². The average Bonchev–Trinajstić information content (AvgIpc) is 3.60. The number of nitrogens with one attached hydrogen (secondary N) is 10. The Bertz CT molecular complexity index is 2600. The van der Waals surface area contributed by atoms with Crippen LogP contribution in [0.3, 0.4) is 0 Å². The Kier molecular flexibility index (Phi) is 32.7. The Labute approximate surface area is 493 Å². The van der Waals surface area contributed by atoms with Gasteiger partial charge in [-0.1, -0.05) is 39.3 Å². The van der Waals surface area contributed by atoms with E-state index in [9.17, 15) is 68.1 Å². The van der Waals surface area contributed by atoms with Crippen molar-refractivity contribution in [2.75, 3.05) is 50.9 Å². The molecule has 1 aromatic heterocycles. The van der Waals surface area contributed by atoms with Crippen molar-refractivity contribution >= 4 is 106 Å². The molecule has 0 radical (unpaired) electrons. The maximum absolute atomic E-state index is 14.1. The lowest BCUT2D eigenvalue weighted by molar-refractivity contribution is -0.137. The summed E-state index contributed by atoms with van der Waals surface area (Å²) in [5.41, 5.74) is 43.6. The molecule has 29 N–H and O–H groups in total. The third kappa shape index (κ3) is 28.4. The molecule has 0 aromatic carbocycles. The number of anilines is 2. The molecule has 476 valence electrons. The molecule has 37 nitrogen and oxygen atoms in total. The first-order valence-electron chi connectivity index (χ1n) is 26.4. The minimum absolute atomic E-state index is 0.0396. The van der Waals surface area contributed by atoms with Gasteiger partial charge in [-0.2, -0.15) is 4.99 Å². The van der Waals surface area contributed by atoms with E-state index in [0.717, 1.165) is 6.92 Å². The Morgan fingerprint density at radius 3 is 1.48 bits per heavy atom. The van der Waals surface area contributed by atoms with Crippen LogP contribution in [0.2, 0.25) is 5.15 Å². The monoisotopic (exact) mass is 1230 g/mol. The molecule has 0 saturated carbocycles. The van der Waals surface area contributed by atoms with E-state index < -0.39 is 163 Å². The third-order valence-corrected chi connectivity index (χ3v) is 11.8. The fourth-order valence-electron chi connectivity index (χ4n) is 7.15. The van der Waals surface area contributed by atoms with Crippen molar-refractivity contribution in [1.29, 1.82) is 0 Å². The molecule has 0 aliphatic rings. The average molecular weight is 1230 g/mol. The molecule has 1 rings (SSSR count). The van der Waals surface area contributed by atoms with Gasteiger partial charge in [0.1, 0.15) is 42.3 Å². The van der Waals surface area contributed by atoms with Crippen molar-refractivity contribution in [2.45, 2.75) is 135 Å². The van der Waals surface area contributed by atoms with Crippen molar-refractivity contribution in [1.82, 2.24) is 63.1 Å². The predicted octanol–water partition coefficient (Wildman–Crippen LogP) is -9.60. The number of aromatic nitrogens is 2. The molecule has 0 bridgehead atoms. The minimum atomic E-state index is -1.76. The van der Waals surface area contributed by atoms with Crippen LogP contribution in [-0.4, -0.2) is 202 Å². The van der Waals surface area contributed by atoms with Gasteiger partial charge in [0.25, 0.3) is 0 Å². The standard InChI is InChI=1S/C47H82ClN23O14/c1-19(2)13-25(64-42(83)27(17-72)65-37(78)23(49)9-7-11-57-45(52)53)39(80)66-28(18-73)41(82)62-24(10-8-12-58-46(54)55)38(79)63-26(14-20(3)4)40(81)69-31(22(6)74)43(84)61-21(5)36(77)60-15-29(75)59-16-30(76)67-47(56)71-44(85)32-34(50)70-35(51)33(48)68-32/h19-28,31,72-74H,7-18,49H2,1-6H3,(H,59,75)(H,60,77)(H,61,84)(H,62,82)(H,63,79)(H,64,83)(H,65,78)(H,66,80)(H,69,81)(H4,50,51,70)(H4,52,53,57)(H4,54,55,58)(H3,56,67,71,76,85)/t21-,22+,23-,24-,25-,26-,27-,28-,31-/m0/s1. The zero-order valence-electron chi connectivity index (χ0n) is 47.9.